The Morgan fingerprint density at radius 2 is 2.29 bits per heavy atom. The summed E-state index contributed by atoms with van der Waals surface area (Å²) < 4.78 is 0. The normalized spacial score (nSPS) is 6.57. The summed E-state index contributed by atoms with van der Waals surface area (Å²) in [7, 11) is 1.47. The monoisotopic (exact) mass is 174 g/mol. The predicted octanol–water partition coefficient (Wildman–Crippen LogP) is 0.738. The molecule has 1 amide bonds. The van der Waals surface area contributed by atoms with Crippen LogP contribution in [0, 0.1) is 6.92 Å². The first kappa shape index (κ1) is 10.5. The van der Waals surface area contributed by atoms with Crippen molar-refractivity contribution in [3.8, 4) is 0 Å². The zero-order chi connectivity index (χ0) is 4.99. The van der Waals surface area contributed by atoms with Crippen molar-refractivity contribution in [1.29, 1.82) is 0 Å². The second-order valence-corrected chi connectivity index (χ2v) is 0.867. The minimum absolute atomic E-state index is 0. The quantitative estimate of drug-likeness (QED) is 0.539. The van der Waals surface area contributed by atoms with Crippen LogP contribution in [0.4, 0.5) is 0 Å². The Kier molecular flexibility index (Phi) is 9.89. The van der Waals surface area contributed by atoms with Crippen molar-refractivity contribution < 1.29 is 37.5 Å². The molecule has 2 nitrogen and oxygen atoms in total. The minimum Gasteiger partial charge on any atom is -0.658 e. The van der Waals surface area contributed by atoms with Crippen molar-refractivity contribution in [3.63, 3.8) is 0 Å². The van der Waals surface area contributed by atoms with Gasteiger partial charge in [0.05, 0.1) is 0 Å². The van der Waals surface area contributed by atoms with Gasteiger partial charge in [-0.15, -0.1) is 13.5 Å². The molecule has 0 aliphatic carbocycles. The topological polar surface area (TPSA) is 31.2 Å². The molecule has 0 saturated heterocycles. The molecule has 0 heterocycles. The van der Waals surface area contributed by atoms with E-state index in [1.54, 1.807) is 0 Å². The fourth-order valence-corrected chi connectivity index (χ4v) is 0.112. The molecular formula is C4H7NOY-2. The number of hydrogen-bond donors (Lipinski definition) is 0. The third-order valence-electron chi connectivity index (χ3n) is 0.463. The second kappa shape index (κ2) is 6.57. The maximum Gasteiger partial charge on any atom is 0.0206 e. The van der Waals surface area contributed by atoms with Crippen LogP contribution >= 0.6 is 0 Å². The van der Waals surface area contributed by atoms with Crippen molar-refractivity contribution in [1.82, 2.24) is 0 Å². The van der Waals surface area contributed by atoms with E-state index in [0.717, 1.165) is 0 Å². The van der Waals surface area contributed by atoms with Crippen LogP contribution in [-0.2, 0) is 37.5 Å². The van der Waals surface area contributed by atoms with E-state index >= 15 is 0 Å². The summed E-state index contributed by atoms with van der Waals surface area (Å²) in [6.45, 7) is 3.31. The Labute approximate surface area is 68.9 Å². The van der Waals surface area contributed by atoms with Gasteiger partial charge in [0.25, 0.3) is 0 Å². The first-order valence-corrected chi connectivity index (χ1v) is 1.73. The first-order chi connectivity index (χ1) is 2.81. The van der Waals surface area contributed by atoms with Crippen LogP contribution in [0.3, 0.4) is 0 Å². The van der Waals surface area contributed by atoms with Crippen molar-refractivity contribution >= 4 is 5.91 Å². The molecule has 0 fully saturated rings. The van der Waals surface area contributed by atoms with Crippen LogP contribution in [0.2, 0.25) is 0 Å². The number of carbonyl (C=O) groups is 1. The predicted molar refractivity (Wildman–Crippen MR) is 24.3 cm³/mol. The standard InChI is InChI=1S/C4H8NO.Y/c1-3-4(6)5-2;/h1,3H2,2H3,(H,5,6);/q-1;/p-1. The Bertz CT molecular complexity index is 49.7. The van der Waals surface area contributed by atoms with Gasteiger partial charge in [-0.05, 0) is 0 Å². The van der Waals surface area contributed by atoms with Gasteiger partial charge in [-0.2, -0.15) is 0 Å². The summed E-state index contributed by atoms with van der Waals surface area (Å²) in [6.07, 6.45) is 0.274. The number of carbonyl (C=O) groups excluding carboxylic acids is 1. The molecule has 0 bridgehead atoms. The molecule has 0 rings (SSSR count). The van der Waals surface area contributed by atoms with Gasteiger partial charge in [-0.3, -0.25) is 0 Å². The van der Waals surface area contributed by atoms with Crippen LogP contribution in [0.25, 0.3) is 5.32 Å². The van der Waals surface area contributed by atoms with Crippen molar-refractivity contribution in [3.05, 3.63) is 12.2 Å². The van der Waals surface area contributed by atoms with E-state index in [2.05, 4.69) is 12.2 Å². The average Bonchev–Trinajstić information content (AvgIpc) is 1.65. The van der Waals surface area contributed by atoms with Gasteiger partial charge < -0.3 is 17.0 Å². The molecule has 0 aromatic heterocycles. The maximum atomic E-state index is 9.95. The molecule has 0 aromatic rings. The zero-order valence-electron chi connectivity index (χ0n) is 4.35. The SMILES string of the molecule is [CH2-]CC(=O)[N-]C.[Y]. The van der Waals surface area contributed by atoms with Gasteiger partial charge in [0.15, 0.2) is 0 Å². The Morgan fingerprint density at radius 3 is 2.29 bits per heavy atom. The summed E-state index contributed by atoms with van der Waals surface area (Å²) in [5.74, 6) is -0.144. The zero-order valence-corrected chi connectivity index (χ0v) is 7.19. The summed E-state index contributed by atoms with van der Waals surface area (Å²) in [4.78, 5) is 9.95. The molecule has 0 unspecified atom stereocenters. The Balaban J connectivity index is 0. The molecule has 7 heavy (non-hydrogen) atoms. The maximum absolute atomic E-state index is 9.95. The van der Waals surface area contributed by atoms with Gasteiger partial charge in [0.2, 0.25) is 0 Å². The van der Waals surface area contributed by atoms with Gasteiger partial charge in [0.1, 0.15) is 0 Å². The molecule has 0 aromatic carbocycles. The summed E-state index contributed by atoms with van der Waals surface area (Å²) in [5.41, 5.74) is 0. The van der Waals surface area contributed by atoms with Gasteiger partial charge >= 0.3 is 0 Å². The smallest absolute Gasteiger partial charge is 0.0206 e. The Morgan fingerprint density at radius 1 is 1.86 bits per heavy atom. The number of hydrogen-bond acceptors (Lipinski definition) is 1. The van der Waals surface area contributed by atoms with E-state index in [1.165, 1.54) is 7.05 Å². The van der Waals surface area contributed by atoms with E-state index in [0.29, 0.717) is 0 Å². The van der Waals surface area contributed by atoms with E-state index in [4.69, 9.17) is 0 Å². The molecule has 0 saturated carbocycles. The van der Waals surface area contributed by atoms with Crippen LogP contribution in [-0.4, -0.2) is 13.0 Å². The number of nitrogens with zero attached hydrogens (tertiary/aromatic N) is 1. The van der Waals surface area contributed by atoms with Gasteiger partial charge in [-0.25, -0.2) is 0 Å². The molecule has 1 radical (unpaired) electrons. The summed E-state index contributed by atoms with van der Waals surface area (Å²) in [6, 6.07) is 0. The average molecular weight is 174 g/mol. The third kappa shape index (κ3) is 6.57. The fourth-order valence-electron chi connectivity index (χ4n) is 0.112. The molecule has 0 aliphatic heterocycles. The Hall–Kier alpha value is 0.574. The van der Waals surface area contributed by atoms with Gasteiger partial charge in [0, 0.05) is 38.6 Å². The first-order valence-electron chi connectivity index (χ1n) is 1.73. The van der Waals surface area contributed by atoms with Crippen LogP contribution < -0.4 is 0 Å². The third-order valence-corrected chi connectivity index (χ3v) is 0.463. The molecule has 3 heteroatoms. The molecule has 39 valence electrons. The molecule has 0 aliphatic rings. The minimum atomic E-state index is -0.144. The molecule has 0 spiro atoms. The van der Waals surface area contributed by atoms with Gasteiger partial charge in [-0.1, -0.05) is 0 Å². The molecular weight excluding hydrogens is 167 g/mol. The fraction of sp³-hybridized carbons (Fsp3) is 0.500. The molecule has 0 N–H and O–H groups in total. The summed E-state index contributed by atoms with van der Waals surface area (Å²) in [5, 5.41) is 3.31. The van der Waals surface area contributed by atoms with E-state index < -0.39 is 0 Å². The molecule has 0 atom stereocenters. The number of rotatable bonds is 1. The largest absolute Gasteiger partial charge is 0.658 e. The van der Waals surface area contributed by atoms with Crippen molar-refractivity contribution in [2.45, 2.75) is 6.42 Å². The second-order valence-electron chi connectivity index (χ2n) is 0.867. The van der Waals surface area contributed by atoms with Crippen LogP contribution in [0.1, 0.15) is 6.42 Å². The number of amides is 1. The van der Waals surface area contributed by atoms with E-state index in [1.807, 2.05) is 0 Å². The van der Waals surface area contributed by atoms with E-state index in [-0.39, 0.29) is 45.0 Å². The van der Waals surface area contributed by atoms with Crippen LogP contribution in [0.15, 0.2) is 0 Å². The van der Waals surface area contributed by atoms with Crippen molar-refractivity contribution in [2.24, 2.45) is 0 Å². The van der Waals surface area contributed by atoms with Crippen molar-refractivity contribution in [2.75, 3.05) is 7.05 Å². The van der Waals surface area contributed by atoms with Crippen LogP contribution in [0.5, 0.6) is 0 Å². The summed E-state index contributed by atoms with van der Waals surface area (Å²) >= 11 is 0. The van der Waals surface area contributed by atoms with E-state index in [9.17, 15) is 4.79 Å².